The lowest BCUT2D eigenvalue weighted by molar-refractivity contribution is 0.0827. The highest BCUT2D eigenvalue weighted by Gasteiger charge is 2.18. The van der Waals surface area contributed by atoms with E-state index in [-0.39, 0.29) is 12.0 Å². The second kappa shape index (κ2) is 10.5. The quantitative estimate of drug-likeness (QED) is 0.338. The first kappa shape index (κ1) is 24.6. The van der Waals surface area contributed by atoms with E-state index in [1.165, 1.54) is 11.3 Å². The molecule has 4 heterocycles. The van der Waals surface area contributed by atoms with Gasteiger partial charge in [0, 0.05) is 50.4 Å². The van der Waals surface area contributed by atoms with Gasteiger partial charge >= 0.3 is 0 Å². The summed E-state index contributed by atoms with van der Waals surface area (Å²) >= 11 is 1.40. The summed E-state index contributed by atoms with van der Waals surface area (Å²) in [5.41, 5.74) is 4.59. The van der Waals surface area contributed by atoms with Crippen LogP contribution in [-0.4, -0.2) is 62.1 Å². The molecule has 0 saturated carbocycles. The number of carbonyl (C=O) groups is 1. The van der Waals surface area contributed by atoms with Crippen LogP contribution in [0.15, 0.2) is 66.8 Å². The molecule has 1 aliphatic heterocycles. The van der Waals surface area contributed by atoms with Gasteiger partial charge in [-0.25, -0.2) is 19.5 Å². The van der Waals surface area contributed by atoms with Crippen molar-refractivity contribution in [3.63, 3.8) is 0 Å². The van der Waals surface area contributed by atoms with Crippen LogP contribution in [0.1, 0.15) is 36.2 Å². The Morgan fingerprint density at radius 1 is 1.19 bits per heavy atom. The fraction of sp³-hybridized carbons (Fsp3) is 0.296. The lowest BCUT2D eigenvalue weighted by atomic mass is 10.1. The molecule has 0 saturated heterocycles. The van der Waals surface area contributed by atoms with Crippen molar-refractivity contribution >= 4 is 28.2 Å². The number of anilines is 1. The normalized spacial score (nSPS) is 14.1. The Labute approximate surface area is 219 Å². The average Bonchev–Trinajstić information content (AvgIpc) is 3.48. The lowest BCUT2D eigenvalue weighted by Crippen LogP contribution is -2.24. The van der Waals surface area contributed by atoms with Gasteiger partial charge in [-0.3, -0.25) is 4.79 Å². The number of ether oxygens (including phenoxy) is 1. The summed E-state index contributed by atoms with van der Waals surface area (Å²) in [6.07, 6.45) is 13.7. The number of benzene rings is 1. The van der Waals surface area contributed by atoms with E-state index in [4.69, 9.17) is 4.74 Å². The molecule has 9 nitrogen and oxygen atoms in total. The first-order valence-electron chi connectivity index (χ1n) is 12.2. The van der Waals surface area contributed by atoms with Gasteiger partial charge in [0.1, 0.15) is 6.10 Å². The molecule has 0 aliphatic carbocycles. The van der Waals surface area contributed by atoms with Gasteiger partial charge in [0.25, 0.3) is 11.1 Å². The Kier molecular flexibility index (Phi) is 7.00. The zero-order chi connectivity index (χ0) is 25.9. The van der Waals surface area contributed by atoms with E-state index < -0.39 is 0 Å². The van der Waals surface area contributed by atoms with Gasteiger partial charge in [-0.05, 0) is 54.0 Å². The third kappa shape index (κ3) is 5.39. The van der Waals surface area contributed by atoms with Gasteiger partial charge in [-0.15, -0.1) is 5.10 Å². The third-order valence-electron chi connectivity index (χ3n) is 6.06. The zero-order valence-electron chi connectivity index (χ0n) is 21.3. The molecule has 0 spiro atoms. The minimum Gasteiger partial charge on any atom is -0.461 e. The standard InChI is InChI=1S/C27H29N7O2S/c1-5-6-19-15-28-25(29-16-19)33-13-11-20(12-14-33)18(2)36-27-31-34-17-23(30-26(34)37-27)21-7-9-22(10-8-21)24(35)32(3)4/h7-13,15-18H,5-6,14H2,1-4H3. The maximum absolute atomic E-state index is 12.1. The summed E-state index contributed by atoms with van der Waals surface area (Å²) in [4.78, 5) is 30.1. The topological polar surface area (TPSA) is 88.8 Å². The van der Waals surface area contributed by atoms with Crippen molar-refractivity contribution in [2.45, 2.75) is 32.8 Å². The van der Waals surface area contributed by atoms with E-state index in [0.717, 1.165) is 40.2 Å². The summed E-state index contributed by atoms with van der Waals surface area (Å²) in [5.74, 6) is 0.663. The minimum absolute atomic E-state index is 0.0278. The van der Waals surface area contributed by atoms with Crippen LogP contribution >= 0.6 is 11.3 Å². The first-order chi connectivity index (χ1) is 17.9. The van der Waals surface area contributed by atoms with E-state index in [1.54, 1.807) is 23.5 Å². The molecule has 1 unspecified atom stereocenters. The summed E-state index contributed by atoms with van der Waals surface area (Å²) in [6, 6.07) is 7.43. The molecule has 4 aromatic rings. The van der Waals surface area contributed by atoms with Crippen LogP contribution in [0.2, 0.25) is 0 Å². The SMILES string of the molecule is CCCc1cnc(N2C=CC(C(C)Oc3nn4cc(-c5ccc(C(=O)N(C)C)cc5)nc4s3)=CC2)nc1. The van der Waals surface area contributed by atoms with Crippen molar-refractivity contribution in [2.24, 2.45) is 0 Å². The van der Waals surface area contributed by atoms with E-state index in [9.17, 15) is 4.79 Å². The highest BCUT2D eigenvalue weighted by atomic mass is 32.1. The molecule has 1 aromatic carbocycles. The molecule has 0 bridgehead atoms. The second-order valence-electron chi connectivity index (χ2n) is 9.07. The molecular formula is C27H29N7O2S. The van der Waals surface area contributed by atoms with E-state index in [2.05, 4.69) is 33.1 Å². The number of fused-ring (bicyclic) bond motifs is 1. The maximum atomic E-state index is 12.1. The number of nitrogens with zero attached hydrogens (tertiary/aromatic N) is 7. The molecule has 1 aliphatic rings. The number of amides is 1. The molecule has 1 atom stereocenters. The van der Waals surface area contributed by atoms with Crippen LogP contribution in [0, 0.1) is 0 Å². The summed E-state index contributed by atoms with van der Waals surface area (Å²) in [7, 11) is 3.48. The van der Waals surface area contributed by atoms with Crippen molar-refractivity contribution in [3.8, 4) is 16.5 Å². The maximum Gasteiger partial charge on any atom is 0.294 e. The highest BCUT2D eigenvalue weighted by molar-refractivity contribution is 7.18. The van der Waals surface area contributed by atoms with Crippen molar-refractivity contribution in [1.29, 1.82) is 0 Å². The Bertz CT molecular complexity index is 1420. The second-order valence-corrected chi connectivity index (χ2v) is 9.99. The molecule has 10 heteroatoms. The summed E-state index contributed by atoms with van der Waals surface area (Å²) < 4.78 is 7.86. The van der Waals surface area contributed by atoms with Gasteiger partial charge in [-0.2, -0.15) is 0 Å². The largest absolute Gasteiger partial charge is 0.461 e. The molecule has 5 rings (SSSR count). The van der Waals surface area contributed by atoms with Gasteiger partial charge in [0.2, 0.25) is 10.9 Å². The number of rotatable bonds is 8. The number of hydrogen-bond acceptors (Lipinski definition) is 8. The van der Waals surface area contributed by atoms with Crippen LogP contribution in [0.3, 0.4) is 0 Å². The first-order valence-corrected chi connectivity index (χ1v) is 13.0. The fourth-order valence-corrected chi connectivity index (χ4v) is 4.81. The number of aryl methyl sites for hydroxylation is 1. The minimum atomic E-state index is -0.164. The average molecular weight is 516 g/mol. The zero-order valence-corrected chi connectivity index (χ0v) is 22.1. The van der Waals surface area contributed by atoms with Crippen LogP contribution in [0.4, 0.5) is 5.95 Å². The molecule has 0 fully saturated rings. The van der Waals surface area contributed by atoms with Gasteiger partial charge in [0.05, 0.1) is 11.9 Å². The van der Waals surface area contributed by atoms with Crippen LogP contribution in [0.5, 0.6) is 5.19 Å². The molecule has 1 amide bonds. The number of hydrogen-bond donors (Lipinski definition) is 0. The third-order valence-corrected chi connectivity index (χ3v) is 6.88. The molecule has 37 heavy (non-hydrogen) atoms. The molecule has 0 N–H and O–H groups in total. The number of carbonyl (C=O) groups excluding carboxylic acids is 1. The van der Waals surface area contributed by atoms with Crippen LogP contribution in [-0.2, 0) is 6.42 Å². The Hall–Kier alpha value is -4.05. The van der Waals surface area contributed by atoms with Crippen molar-refractivity contribution in [2.75, 3.05) is 25.5 Å². The lowest BCUT2D eigenvalue weighted by Gasteiger charge is -2.23. The van der Waals surface area contributed by atoms with Gasteiger partial charge < -0.3 is 14.5 Å². The predicted molar refractivity (Wildman–Crippen MR) is 145 cm³/mol. The Balaban J connectivity index is 1.21. The monoisotopic (exact) mass is 515 g/mol. The summed E-state index contributed by atoms with van der Waals surface area (Å²) in [6.45, 7) is 4.83. The van der Waals surface area contributed by atoms with Crippen LogP contribution in [0.25, 0.3) is 16.2 Å². The fourth-order valence-electron chi connectivity index (χ4n) is 4.00. The van der Waals surface area contributed by atoms with E-state index >= 15 is 0 Å². The van der Waals surface area contributed by atoms with E-state index in [1.807, 2.05) is 67.0 Å². The van der Waals surface area contributed by atoms with Crippen LogP contribution < -0.4 is 9.64 Å². The predicted octanol–water partition coefficient (Wildman–Crippen LogP) is 4.63. The summed E-state index contributed by atoms with van der Waals surface area (Å²) in [5, 5.41) is 5.11. The number of aromatic nitrogens is 5. The highest BCUT2D eigenvalue weighted by Crippen LogP contribution is 2.28. The molecular weight excluding hydrogens is 486 g/mol. The van der Waals surface area contributed by atoms with Crippen molar-refractivity contribution in [1.82, 2.24) is 29.5 Å². The number of imidazole rings is 1. The Morgan fingerprint density at radius 3 is 2.57 bits per heavy atom. The van der Waals surface area contributed by atoms with E-state index in [0.29, 0.717) is 23.3 Å². The van der Waals surface area contributed by atoms with Crippen molar-refractivity contribution in [3.05, 3.63) is 77.9 Å². The molecule has 3 aromatic heterocycles. The molecule has 190 valence electrons. The van der Waals surface area contributed by atoms with Gasteiger partial charge in [0.15, 0.2) is 0 Å². The van der Waals surface area contributed by atoms with Gasteiger partial charge in [-0.1, -0.05) is 31.6 Å². The van der Waals surface area contributed by atoms with Crippen molar-refractivity contribution < 1.29 is 9.53 Å². The molecule has 0 radical (unpaired) electrons. The Morgan fingerprint density at radius 2 is 1.95 bits per heavy atom. The smallest absolute Gasteiger partial charge is 0.294 e.